The topological polar surface area (TPSA) is 95.6 Å². The molecular formula is C17H18N6O. The maximum Gasteiger partial charge on any atom is 0.315 e. The minimum Gasteiger partial charge on any atom is -0.334 e. The van der Waals surface area contributed by atoms with Crippen LogP contribution in [0, 0.1) is 0 Å². The summed E-state index contributed by atoms with van der Waals surface area (Å²) in [6, 6.07) is 12.9. The highest BCUT2D eigenvalue weighted by Crippen LogP contribution is 2.15. The van der Waals surface area contributed by atoms with E-state index in [0.717, 1.165) is 11.1 Å². The molecule has 3 N–H and O–H groups in total. The summed E-state index contributed by atoms with van der Waals surface area (Å²) in [7, 11) is 0. The number of rotatable bonds is 5. The monoisotopic (exact) mass is 322 g/mol. The normalized spacial score (nSPS) is 11.7. The van der Waals surface area contributed by atoms with Gasteiger partial charge in [-0.1, -0.05) is 30.3 Å². The van der Waals surface area contributed by atoms with Crippen LogP contribution in [-0.2, 0) is 6.54 Å². The third kappa shape index (κ3) is 3.95. The predicted octanol–water partition coefficient (Wildman–Crippen LogP) is 2.43. The Balaban J connectivity index is 1.56. The number of benzene rings is 1. The van der Waals surface area contributed by atoms with Crippen molar-refractivity contribution in [1.29, 1.82) is 0 Å². The molecule has 0 saturated heterocycles. The number of H-pyrrole nitrogens is 1. The molecule has 0 fully saturated rings. The van der Waals surface area contributed by atoms with E-state index < -0.39 is 0 Å². The van der Waals surface area contributed by atoms with E-state index in [2.05, 4.69) is 30.8 Å². The molecule has 2 amide bonds. The number of carbonyl (C=O) groups excluding carboxylic acids is 1. The Labute approximate surface area is 139 Å². The molecule has 7 nitrogen and oxygen atoms in total. The van der Waals surface area contributed by atoms with E-state index in [4.69, 9.17) is 0 Å². The van der Waals surface area contributed by atoms with E-state index in [1.165, 1.54) is 0 Å². The molecule has 7 heteroatoms. The predicted molar refractivity (Wildman–Crippen MR) is 89.8 cm³/mol. The van der Waals surface area contributed by atoms with Gasteiger partial charge in [0.15, 0.2) is 5.82 Å². The molecule has 122 valence electrons. The number of nitrogens with one attached hydrogen (secondary N) is 3. The smallest absolute Gasteiger partial charge is 0.315 e. The van der Waals surface area contributed by atoms with Gasteiger partial charge < -0.3 is 10.6 Å². The second-order valence-electron chi connectivity index (χ2n) is 5.32. The number of hydrogen-bond donors (Lipinski definition) is 3. The molecule has 0 unspecified atom stereocenters. The van der Waals surface area contributed by atoms with Gasteiger partial charge in [0.1, 0.15) is 5.82 Å². The summed E-state index contributed by atoms with van der Waals surface area (Å²) in [4.78, 5) is 20.4. The lowest BCUT2D eigenvalue weighted by atomic mass is 10.2. The van der Waals surface area contributed by atoms with Crippen LogP contribution < -0.4 is 10.6 Å². The summed E-state index contributed by atoms with van der Waals surface area (Å²) >= 11 is 0. The Bertz CT molecular complexity index is 787. The molecule has 0 saturated carbocycles. The first-order chi connectivity index (χ1) is 11.7. The van der Waals surface area contributed by atoms with Crippen molar-refractivity contribution in [2.45, 2.75) is 19.5 Å². The zero-order valence-corrected chi connectivity index (χ0v) is 13.2. The Kier molecular flexibility index (Phi) is 4.81. The minimum absolute atomic E-state index is 0.259. The summed E-state index contributed by atoms with van der Waals surface area (Å²) in [6.45, 7) is 2.31. The van der Waals surface area contributed by atoms with Gasteiger partial charge in [0.05, 0.1) is 6.04 Å². The highest BCUT2D eigenvalue weighted by molar-refractivity contribution is 5.74. The van der Waals surface area contributed by atoms with Crippen LogP contribution in [-0.4, -0.2) is 26.2 Å². The van der Waals surface area contributed by atoms with Crippen molar-refractivity contribution in [1.82, 2.24) is 30.8 Å². The lowest BCUT2D eigenvalue weighted by molar-refractivity contribution is 0.237. The molecule has 0 aliphatic carbocycles. The summed E-state index contributed by atoms with van der Waals surface area (Å²) in [6.07, 6.45) is 3.38. The van der Waals surface area contributed by atoms with Crippen LogP contribution in [0.4, 0.5) is 4.79 Å². The van der Waals surface area contributed by atoms with E-state index in [-0.39, 0.29) is 12.1 Å². The zero-order valence-electron chi connectivity index (χ0n) is 13.2. The van der Waals surface area contributed by atoms with Crippen LogP contribution in [0.2, 0.25) is 0 Å². The number of pyridine rings is 1. The zero-order chi connectivity index (χ0) is 16.8. The average Bonchev–Trinajstić information content (AvgIpc) is 3.12. The fourth-order valence-electron chi connectivity index (χ4n) is 2.19. The molecular weight excluding hydrogens is 304 g/mol. The molecule has 1 aromatic carbocycles. The molecule has 0 bridgehead atoms. The molecule has 24 heavy (non-hydrogen) atoms. The fourth-order valence-corrected chi connectivity index (χ4v) is 2.19. The third-order valence-electron chi connectivity index (χ3n) is 3.48. The van der Waals surface area contributed by atoms with Gasteiger partial charge in [-0.05, 0) is 24.6 Å². The van der Waals surface area contributed by atoms with E-state index in [0.29, 0.717) is 18.2 Å². The number of aromatic nitrogens is 4. The minimum atomic E-state index is -0.293. The van der Waals surface area contributed by atoms with Crippen molar-refractivity contribution in [2.24, 2.45) is 0 Å². The SMILES string of the molecule is C[C@H](NC(=O)NCc1ccccc1)c1nc(-c2cccnc2)n[nH]1. The number of amides is 2. The molecule has 1 atom stereocenters. The van der Waals surface area contributed by atoms with Crippen LogP contribution in [0.5, 0.6) is 0 Å². The Morgan fingerprint density at radius 3 is 2.79 bits per heavy atom. The average molecular weight is 322 g/mol. The van der Waals surface area contributed by atoms with Crippen LogP contribution in [0.15, 0.2) is 54.9 Å². The fraction of sp³-hybridized carbons (Fsp3) is 0.176. The summed E-state index contributed by atoms with van der Waals surface area (Å²) in [5.74, 6) is 1.14. The second-order valence-corrected chi connectivity index (χ2v) is 5.32. The van der Waals surface area contributed by atoms with E-state index in [1.807, 2.05) is 49.4 Å². The van der Waals surface area contributed by atoms with Crippen LogP contribution >= 0.6 is 0 Å². The highest BCUT2D eigenvalue weighted by atomic mass is 16.2. The van der Waals surface area contributed by atoms with E-state index >= 15 is 0 Å². The Morgan fingerprint density at radius 2 is 2.04 bits per heavy atom. The third-order valence-corrected chi connectivity index (χ3v) is 3.48. The summed E-state index contributed by atoms with van der Waals surface area (Å²) in [5, 5.41) is 12.7. The molecule has 2 aromatic heterocycles. The standard InChI is InChI=1S/C17H18N6O/c1-12(20-17(24)19-10-13-6-3-2-4-7-13)15-21-16(23-22-15)14-8-5-9-18-11-14/h2-9,11-12H,10H2,1H3,(H2,19,20,24)(H,21,22,23)/t12-/m0/s1. The van der Waals surface area contributed by atoms with Gasteiger partial charge in [0.2, 0.25) is 0 Å². The van der Waals surface area contributed by atoms with Gasteiger partial charge in [-0.2, -0.15) is 5.10 Å². The number of carbonyl (C=O) groups is 1. The van der Waals surface area contributed by atoms with Gasteiger partial charge in [-0.3, -0.25) is 10.1 Å². The maximum atomic E-state index is 12.0. The Hall–Kier alpha value is -3.22. The molecule has 0 aliphatic heterocycles. The van der Waals surface area contributed by atoms with Gasteiger partial charge in [0, 0.05) is 24.5 Å². The van der Waals surface area contributed by atoms with Crippen LogP contribution in [0.25, 0.3) is 11.4 Å². The van der Waals surface area contributed by atoms with Gasteiger partial charge >= 0.3 is 6.03 Å². The number of aromatic amines is 1. The van der Waals surface area contributed by atoms with Crippen molar-refractivity contribution < 1.29 is 4.79 Å². The van der Waals surface area contributed by atoms with E-state index in [9.17, 15) is 4.79 Å². The first-order valence-corrected chi connectivity index (χ1v) is 7.63. The largest absolute Gasteiger partial charge is 0.334 e. The van der Waals surface area contributed by atoms with Crippen molar-refractivity contribution >= 4 is 6.03 Å². The first-order valence-electron chi connectivity index (χ1n) is 7.63. The van der Waals surface area contributed by atoms with Gasteiger partial charge in [-0.25, -0.2) is 9.78 Å². The molecule has 0 spiro atoms. The van der Waals surface area contributed by atoms with Crippen molar-refractivity contribution in [2.75, 3.05) is 0 Å². The molecule has 0 aliphatic rings. The number of nitrogens with zero attached hydrogens (tertiary/aromatic N) is 3. The highest BCUT2D eigenvalue weighted by Gasteiger charge is 2.14. The molecule has 0 radical (unpaired) electrons. The Morgan fingerprint density at radius 1 is 1.21 bits per heavy atom. The lowest BCUT2D eigenvalue weighted by Crippen LogP contribution is -2.37. The number of hydrogen-bond acceptors (Lipinski definition) is 4. The van der Waals surface area contributed by atoms with Crippen molar-refractivity contribution in [3.63, 3.8) is 0 Å². The lowest BCUT2D eigenvalue weighted by Gasteiger charge is -2.12. The first kappa shape index (κ1) is 15.7. The summed E-state index contributed by atoms with van der Waals surface area (Å²) in [5.41, 5.74) is 1.86. The molecule has 3 rings (SSSR count). The van der Waals surface area contributed by atoms with Crippen LogP contribution in [0.3, 0.4) is 0 Å². The quantitative estimate of drug-likeness (QED) is 0.672. The van der Waals surface area contributed by atoms with Crippen molar-refractivity contribution in [3.8, 4) is 11.4 Å². The van der Waals surface area contributed by atoms with E-state index in [1.54, 1.807) is 12.4 Å². The second kappa shape index (κ2) is 7.36. The van der Waals surface area contributed by atoms with Gasteiger partial charge in [0.25, 0.3) is 0 Å². The summed E-state index contributed by atoms with van der Waals surface area (Å²) < 4.78 is 0. The molecule has 3 aromatic rings. The molecule has 2 heterocycles. The maximum absolute atomic E-state index is 12.0. The number of urea groups is 1. The van der Waals surface area contributed by atoms with Gasteiger partial charge in [-0.15, -0.1) is 0 Å². The van der Waals surface area contributed by atoms with Crippen molar-refractivity contribution in [3.05, 3.63) is 66.2 Å². The van der Waals surface area contributed by atoms with Crippen LogP contribution in [0.1, 0.15) is 24.4 Å².